The molecule has 7 heteroatoms. The van der Waals surface area contributed by atoms with E-state index < -0.39 is 23.8 Å². The molecule has 1 N–H and O–H groups in total. The number of amides is 1. The van der Waals surface area contributed by atoms with E-state index in [0.717, 1.165) is 12.1 Å². The Kier molecular flexibility index (Phi) is 5.16. The molecule has 0 saturated heterocycles. The fourth-order valence-electron chi connectivity index (χ4n) is 1.66. The lowest BCUT2D eigenvalue weighted by Crippen LogP contribution is -2.35. The molecule has 1 heterocycles. The van der Waals surface area contributed by atoms with E-state index in [1.165, 1.54) is 19.3 Å². The molecule has 0 bridgehead atoms. The van der Waals surface area contributed by atoms with Crippen molar-refractivity contribution < 1.29 is 23.1 Å². The van der Waals surface area contributed by atoms with Crippen molar-refractivity contribution in [2.75, 3.05) is 0 Å². The van der Waals surface area contributed by atoms with Crippen molar-refractivity contribution in [2.24, 2.45) is 0 Å². The van der Waals surface area contributed by atoms with Crippen molar-refractivity contribution in [1.29, 1.82) is 0 Å². The zero-order valence-electron chi connectivity index (χ0n) is 11.6. The standard InChI is InChI=1S/C15H13ClFNO4/c1-9(14(19)18-8-11-3-2-6-21-11)22-15(20)12-5-4-10(17)7-13(12)16/h2-7,9H,8H2,1H3,(H,18,19)/t9-/m0/s1. The first-order chi connectivity index (χ1) is 10.5. The highest BCUT2D eigenvalue weighted by atomic mass is 35.5. The second kappa shape index (κ2) is 7.09. The number of carbonyl (C=O) groups is 2. The number of esters is 1. The molecule has 0 aliphatic rings. The van der Waals surface area contributed by atoms with E-state index in [-0.39, 0.29) is 17.1 Å². The van der Waals surface area contributed by atoms with Gasteiger partial charge in [-0.2, -0.15) is 0 Å². The lowest BCUT2D eigenvalue weighted by molar-refractivity contribution is -0.129. The average Bonchev–Trinajstić information content (AvgIpc) is 2.97. The summed E-state index contributed by atoms with van der Waals surface area (Å²) in [6.07, 6.45) is 0.463. The van der Waals surface area contributed by atoms with Crippen LogP contribution >= 0.6 is 11.6 Å². The summed E-state index contributed by atoms with van der Waals surface area (Å²) in [6, 6.07) is 6.69. The van der Waals surface area contributed by atoms with Crippen molar-refractivity contribution in [3.63, 3.8) is 0 Å². The Hall–Kier alpha value is -2.34. The van der Waals surface area contributed by atoms with Gasteiger partial charge in [-0.15, -0.1) is 0 Å². The lowest BCUT2D eigenvalue weighted by Gasteiger charge is -2.13. The van der Waals surface area contributed by atoms with Gasteiger partial charge < -0.3 is 14.5 Å². The highest BCUT2D eigenvalue weighted by molar-refractivity contribution is 6.33. The molecule has 0 saturated carbocycles. The number of furan rings is 1. The molecule has 1 aromatic heterocycles. The van der Waals surface area contributed by atoms with Gasteiger partial charge in [0.15, 0.2) is 6.10 Å². The highest BCUT2D eigenvalue weighted by Crippen LogP contribution is 2.18. The molecule has 0 aliphatic carbocycles. The first-order valence-electron chi connectivity index (χ1n) is 6.43. The lowest BCUT2D eigenvalue weighted by atomic mass is 10.2. The van der Waals surface area contributed by atoms with Crippen LogP contribution in [0.3, 0.4) is 0 Å². The molecule has 116 valence electrons. The summed E-state index contributed by atoms with van der Waals surface area (Å²) >= 11 is 5.76. The summed E-state index contributed by atoms with van der Waals surface area (Å²) < 4.78 is 23.0. The molecule has 0 radical (unpaired) electrons. The van der Waals surface area contributed by atoms with Crippen LogP contribution in [0.2, 0.25) is 5.02 Å². The zero-order chi connectivity index (χ0) is 16.1. The minimum absolute atomic E-state index is 0.00579. The third-order valence-corrected chi connectivity index (χ3v) is 3.13. The Morgan fingerprint density at radius 2 is 2.18 bits per heavy atom. The number of benzene rings is 1. The van der Waals surface area contributed by atoms with Gasteiger partial charge in [-0.1, -0.05) is 11.6 Å². The number of carbonyl (C=O) groups excluding carboxylic acids is 2. The normalized spacial score (nSPS) is 11.8. The molecule has 1 amide bonds. The number of ether oxygens (including phenoxy) is 1. The Bertz CT molecular complexity index is 672. The maximum absolute atomic E-state index is 12.9. The summed E-state index contributed by atoms with van der Waals surface area (Å²) in [4.78, 5) is 23.7. The minimum Gasteiger partial charge on any atom is -0.467 e. The highest BCUT2D eigenvalue weighted by Gasteiger charge is 2.20. The second-order valence-corrected chi connectivity index (χ2v) is 4.88. The molecular formula is C15H13ClFNO4. The van der Waals surface area contributed by atoms with Gasteiger partial charge in [0.1, 0.15) is 11.6 Å². The molecule has 0 spiro atoms. The van der Waals surface area contributed by atoms with E-state index in [2.05, 4.69) is 5.32 Å². The Labute approximate surface area is 131 Å². The number of halogens is 2. The predicted molar refractivity (Wildman–Crippen MR) is 76.8 cm³/mol. The van der Waals surface area contributed by atoms with Crippen LogP contribution < -0.4 is 5.32 Å². The van der Waals surface area contributed by atoms with Crippen LogP contribution in [0.4, 0.5) is 4.39 Å². The van der Waals surface area contributed by atoms with Gasteiger partial charge >= 0.3 is 5.97 Å². The molecule has 0 fully saturated rings. The van der Waals surface area contributed by atoms with E-state index in [9.17, 15) is 14.0 Å². The van der Waals surface area contributed by atoms with Gasteiger partial charge in [0, 0.05) is 0 Å². The van der Waals surface area contributed by atoms with Gasteiger partial charge in [0.2, 0.25) is 0 Å². The smallest absolute Gasteiger partial charge is 0.340 e. The number of hydrogen-bond donors (Lipinski definition) is 1. The number of hydrogen-bond acceptors (Lipinski definition) is 4. The van der Waals surface area contributed by atoms with E-state index in [0.29, 0.717) is 5.76 Å². The molecular weight excluding hydrogens is 313 g/mol. The molecule has 2 rings (SSSR count). The van der Waals surface area contributed by atoms with Crippen molar-refractivity contribution in [3.05, 3.63) is 58.8 Å². The van der Waals surface area contributed by atoms with Crippen LogP contribution in [0.15, 0.2) is 41.0 Å². The maximum Gasteiger partial charge on any atom is 0.340 e. The fourth-order valence-corrected chi connectivity index (χ4v) is 1.91. The third-order valence-electron chi connectivity index (χ3n) is 2.82. The van der Waals surface area contributed by atoms with Gasteiger partial charge in [-0.05, 0) is 37.3 Å². The molecule has 0 aliphatic heterocycles. The van der Waals surface area contributed by atoms with Crippen molar-refractivity contribution in [1.82, 2.24) is 5.32 Å². The summed E-state index contributed by atoms with van der Waals surface area (Å²) in [5.41, 5.74) is -0.00579. The Morgan fingerprint density at radius 3 is 2.82 bits per heavy atom. The van der Waals surface area contributed by atoms with E-state index in [1.807, 2.05) is 0 Å². The third kappa shape index (κ3) is 4.08. The minimum atomic E-state index is -1.02. The van der Waals surface area contributed by atoms with Crippen LogP contribution in [0, 0.1) is 5.82 Å². The van der Waals surface area contributed by atoms with Crippen molar-refractivity contribution in [2.45, 2.75) is 19.6 Å². The quantitative estimate of drug-likeness (QED) is 0.858. The van der Waals surface area contributed by atoms with Gasteiger partial charge in [-0.25, -0.2) is 9.18 Å². The van der Waals surface area contributed by atoms with Crippen LogP contribution in [-0.4, -0.2) is 18.0 Å². The van der Waals surface area contributed by atoms with Gasteiger partial charge in [0.05, 0.1) is 23.4 Å². The van der Waals surface area contributed by atoms with E-state index >= 15 is 0 Å². The molecule has 1 atom stereocenters. The zero-order valence-corrected chi connectivity index (χ0v) is 12.4. The number of nitrogens with one attached hydrogen (secondary N) is 1. The van der Waals surface area contributed by atoms with Crippen LogP contribution in [0.25, 0.3) is 0 Å². The monoisotopic (exact) mass is 325 g/mol. The van der Waals surface area contributed by atoms with Crippen LogP contribution in [0.5, 0.6) is 0 Å². The molecule has 2 aromatic rings. The van der Waals surface area contributed by atoms with E-state index in [1.54, 1.807) is 12.1 Å². The van der Waals surface area contributed by atoms with Crippen molar-refractivity contribution in [3.8, 4) is 0 Å². The number of rotatable bonds is 5. The average molecular weight is 326 g/mol. The van der Waals surface area contributed by atoms with Crippen molar-refractivity contribution >= 4 is 23.5 Å². The maximum atomic E-state index is 12.9. The van der Waals surface area contributed by atoms with Crippen LogP contribution in [-0.2, 0) is 16.1 Å². The summed E-state index contributed by atoms with van der Waals surface area (Å²) in [6.45, 7) is 1.61. The summed E-state index contributed by atoms with van der Waals surface area (Å²) in [7, 11) is 0. The van der Waals surface area contributed by atoms with E-state index in [4.69, 9.17) is 20.8 Å². The summed E-state index contributed by atoms with van der Waals surface area (Å²) in [5.74, 6) is -1.27. The van der Waals surface area contributed by atoms with Crippen LogP contribution in [0.1, 0.15) is 23.0 Å². The Balaban J connectivity index is 1.91. The molecule has 0 unspecified atom stereocenters. The first kappa shape index (κ1) is 16.0. The first-order valence-corrected chi connectivity index (χ1v) is 6.81. The fraction of sp³-hybridized carbons (Fsp3) is 0.200. The molecule has 5 nitrogen and oxygen atoms in total. The second-order valence-electron chi connectivity index (χ2n) is 4.47. The van der Waals surface area contributed by atoms with Gasteiger partial charge in [0.25, 0.3) is 5.91 Å². The SMILES string of the molecule is C[C@H](OC(=O)c1ccc(F)cc1Cl)C(=O)NCc1ccco1. The molecule has 1 aromatic carbocycles. The summed E-state index contributed by atoms with van der Waals surface area (Å²) in [5, 5.41) is 2.49. The largest absolute Gasteiger partial charge is 0.467 e. The Morgan fingerprint density at radius 1 is 1.41 bits per heavy atom. The molecule has 22 heavy (non-hydrogen) atoms. The topological polar surface area (TPSA) is 68.5 Å². The predicted octanol–water partition coefficient (Wildman–Crippen LogP) is 2.93. The van der Waals surface area contributed by atoms with Gasteiger partial charge in [-0.3, -0.25) is 4.79 Å².